The third-order valence-electron chi connectivity index (χ3n) is 4.91. The number of nitrogens with one attached hydrogen (secondary N) is 1. The van der Waals surface area contributed by atoms with E-state index in [1.54, 1.807) is 14.2 Å². The first-order valence-corrected chi connectivity index (χ1v) is 9.36. The van der Waals surface area contributed by atoms with Crippen LogP contribution in [0.15, 0.2) is 54.6 Å². The van der Waals surface area contributed by atoms with Crippen LogP contribution in [0, 0.1) is 5.82 Å². The lowest BCUT2D eigenvalue weighted by Gasteiger charge is -2.18. The van der Waals surface area contributed by atoms with Gasteiger partial charge in [-0.1, -0.05) is 6.07 Å². The molecule has 3 aromatic rings. The molecule has 0 fully saturated rings. The van der Waals surface area contributed by atoms with Crippen LogP contribution in [0.3, 0.4) is 0 Å². The highest BCUT2D eigenvalue weighted by molar-refractivity contribution is 5.73. The lowest BCUT2D eigenvalue weighted by Crippen LogP contribution is -2.10. The van der Waals surface area contributed by atoms with Crippen molar-refractivity contribution in [3.05, 3.63) is 77.1 Å². The molecule has 0 radical (unpaired) electrons. The lowest BCUT2D eigenvalue weighted by atomic mass is 9.91. The van der Waals surface area contributed by atoms with Gasteiger partial charge in [0.15, 0.2) is 0 Å². The number of halogens is 1. The maximum atomic E-state index is 14.5. The molecule has 0 heterocycles. The number of hydrogen-bond acceptors (Lipinski definition) is 5. The van der Waals surface area contributed by atoms with Gasteiger partial charge >= 0.3 is 0 Å². The maximum absolute atomic E-state index is 14.5. The van der Waals surface area contributed by atoms with E-state index in [0.717, 1.165) is 39.3 Å². The Kier molecular flexibility index (Phi) is 6.69. The molecule has 0 amide bonds. The summed E-state index contributed by atoms with van der Waals surface area (Å²) in [6, 6.07) is 16.2. The van der Waals surface area contributed by atoms with Gasteiger partial charge < -0.3 is 26.3 Å². The van der Waals surface area contributed by atoms with Gasteiger partial charge in [-0.2, -0.15) is 0 Å². The summed E-state index contributed by atoms with van der Waals surface area (Å²) >= 11 is 0. The molecule has 0 bridgehead atoms. The Labute approximate surface area is 170 Å². The first kappa shape index (κ1) is 20.6. The van der Waals surface area contributed by atoms with Gasteiger partial charge in [-0.3, -0.25) is 0 Å². The average Bonchev–Trinajstić information content (AvgIpc) is 2.77. The molecule has 29 heavy (non-hydrogen) atoms. The van der Waals surface area contributed by atoms with E-state index in [2.05, 4.69) is 5.32 Å². The minimum Gasteiger partial charge on any atom is -0.497 e. The van der Waals surface area contributed by atoms with Crippen molar-refractivity contribution in [3.63, 3.8) is 0 Å². The van der Waals surface area contributed by atoms with Crippen molar-refractivity contribution in [2.24, 2.45) is 11.5 Å². The van der Waals surface area contributed by atoms with Crippen LogP contribution in [0.25, 0.3) is 11.1 Å². The van der Waals surface area contributed by atoms with Gasteiger partial charge in [0, 0.05) is 25.3 Å². The van der Waals surface area contributed by atoms with Crippen LogP contribution in [0.5, 0.6) is 11.5 Å². The van der Waals surface area contributed by atoms with Crippen LogP contribution < -0.4 is 26.3 Å². The minimum absolute atomic E-state index is 0.274. The van der Waals surface area contributed by atoms with Crippen LogP contribution in [0.2, 0.25) is 0 Å². The molecule has 0 atom stereocenters. The summed E-state index contributed by atoms with van der Waals surface area (Å²) in [4.78, 5) is 0. The van der Waals surface area contributed by atoms with Gasteiger partial charge in [-0.15, -0.1) is 0 Å². The van der Waals surface area contributed by atoms with E-state index in [4.69, 9.17) is 20.9 Å². The summed E-state index contributed by atoms with van der Waals surface area (Å²) in [7, 11) is 3.22. The zero-order valence-corrected chi connectivity index (χ0v) is 16.7. The van der Waals surface area contributed by atoms with Crippen molar-refractivity contribution in [1.82, 2.24) is 0 Å². The monoisotopic (exact) mass is 395 g/mol. The third kappa shape index (κ3) is 4.67. The molecule has 0 unspecified atom stereocenters. The van der Waals surface area contributed by atoms with Crippen molar-refractivity contribution < 1.29 is 13.9 Å². The number of anilines is 1. The van der Waals surface area contributed by atoms with Crippen LogP contribution in [0.1, 0.15) is 16.7 Å². The van der Waals surface area contributed by atoms with Crippen LogP contribution in [0.4, 0.5) is 10.1 Å². The topological polar surface area (TPSA) is 82.5 Å². The third-order valence-corrected chi connectivity index (χ3v) is 4.91. The van der Waals surface area contributed by atoms with E-state index in [1.807, 2.05) is 42.5 Å². The molecular formula is C23H26FN3O2. The number of benzene rings is 3. The molecule has 5 N–H and O–H groups in total. The molecule has 3 aromatic carbocycles. The molecule has 6 heteroatoms. The lowest BCUT2D eigenvalue weighted by molar-refractivity contribution is 0.414. The Bertz CT molecular complexity index is 975. The summed E-state index contributed by atoms with van der Waals surface area (Å²) < 4.78 is 25.0. The number of ether oxygens (including phenoxy) is 2. The van der Waals surface area contributed by atoms with E-state index < -0.39 is 0 Å². The second kappa shape index (κ2) is 9.41. The number of methoxy groups -OCH3 is 2. The fourth-order valence-electron chi connectivity index (χ4n) is 3.35. The highest BCUT2D eigenvalue weighted by atomic mass is 19.1. The molecule has 0 aliphatic carbocycles. The number of rotatable bonds is 8. The van der Waals surface area contributed by atoms with E-state index in [0.29, 0.717) is 18.8 Å². The summed E-state index contributed by atoms with van der Waals surface area (Å²) in [6.45, 7) is 1.04. The fourth-order valence-corrected chi connectivity index (χ4v) is 3.35. The highest BCUT2D eigenvalue weighted by Gasteiger charge is 2.15. The first-order chi connectivity index (χ1) is 14.1. The summed E-state index contributed by atoms with van der Waals surface area (Å²) in [5, 5.41) is 3.32. The fraction of sp³-hybridized carbons (Fsp3) is 0.217. The van der Waals surface area contributed by atoms with Crippen molar-refractivity contribution in [3.8, 4) is 22.6 Å². The van der Waals surface area contributed by atoms with Crippen LogP contribution in [-0.2, 0) is 19.6 Å². The zero-order valence-electron chi connectivity index (χ0n) is 16.7. The van der Waals surface area contributed by atoms with E-state index in [-0.39, 0.29) is 12.4 Å². The molecule has 0 spiro atoms. The Hall–Kier alpha value is -3.09. The highest BCUT2D eigenvalue weighted by Crippen LogP contribution is 2.33. The predicted molar refractivity (Wildman–Crippen MR) is 114 cm³/mol. The second-order valence-corrected chi connectivity index (χ2v) is 6.60. The van der Waals surface area contributed by atoms with Gasteiger partial charge in [0.25, 0.3) is 0 Å². The Morgan fingerprint density at radius 3 is 2.10 bits per heavy atom. The Balaban J connectivity index is 1.99. The zero-order chi connectivity index (χ0) is 20.8. The Morgan fingerprint density at radius 1 is 0.793 bits per heavy atom. The smallest absolute Gasteiger partial charge is 0.124 e. The molecule has 0 aliphatic rings. The standard InChI is InChI=1S/C23H26FN3O2/c1-28-19-7-4-18(5-8-19)27-14-16-9-17(24)10-22(23(16)13-26)21-11-20(29-2)6-3-15(21)12-25/h3-11,27H,12-14,25-26H2,1-2H3. The molecule has 0 saturated carbocycles. The summed E-state index contributed by atoms with van der Waals surface area (Å²) in [5.74, 6) is 1.13. The SMILES string of the molecule is COc1ccc(NCc2cc(F)cc(-c3cc(OC)ccc3CN)c2CN)cc1. The van der Waals surface area contributed by atoms with Gasteiger partial charge in [0.05, 0.1) is 14.2 Å². The normalized spacial score (nSPS) is 10.7. The van der Waals surface area contributed by atoms with Crippen molar-refractivity contribution >= 4 is 5.69 Å². The first-order valence-electron chi connectivity index (χ1n) is 9.36. The van der Waals surface area contributed by atoms with Crippen molar-refractivity contribution in [1.29, 1.82) is 0 Å². The molecule has 5 nitrogen and oxygen atoms in total. The van der Waals surface area contributed by atoms with Crippen molar-refractivity contribution in [2.75, 3.05) is 19.5 Å². The molecule has 3 rings (SSSR count). The van der Waals surface area contributed by atoms with Gasteiger partial charge in [0.2, 0.25) is 0 Å². The quantitative estimate of drug-likeness (QED) is 0.536. The largest absolute Gasteiger partial charge is 0.497 e. The molecular weight excluding hydrogens is 369 g/mol. The van der Waals surface area contributed by atoms with Gasteiger partial charge in [-0.05, 0) is 76.3 Å². The second-order valence-electron chi connectivity index (χ2n) is 6.60. The average molecular weight is 395 g/mol. The minimum atomic E-state index is -0.325. The molecule has 0 aliphatic heterocycles. The van der Waals surface area contributed by atoms with Crippen LogP contribution in [-0.4, -0.2) is 14.2 Å². The van der Waals surface area contributed by atoms with Crippen molar-refractivity contribution in [2.45, 2.75) is 19.6 Å². The predicted octanol–water partition coefficient (Wildman–Crippen LogP) is 4.04. The summed E-state index contributed by atoms with van der Waals surface area (Å²) in [6.07, 6.45) is 0. The van der Waals surface area contributed by atoms with E-state index >= 15 is 0 Å². The maximum Gasteiger partial charge on any atom is 0.124 e. The number of nitrogens with two attached hydrogens (primary N) is 2. The number of hydrogen-bond donors (Lipinski definition) is 3. The van der Waals surface area contributed by atoms with Gasteiger partial charge in [0.1, 0.15) is 17.3 Å². The molecule has 0 aromatic heterocycles. The van der Waals surface area contributed by atoms with Gasteiger partial charge in [-0.25, -0.2) is 4.39 Å². The summed E-state index contributed by atoms with van der Waals surface area (Å²) in [5.41, 5.74) is 17.0. The molecule has 0 saturated heterocycles. The van der Waals surface area contributed by atoms with Crippen LogP contribution >= 0.6 is 0 Å². The van der Waals surface area contributed by atoms with E-state index in [1.165, 1.54) is 12.1 Å². The van der Waals surface area contributed by atoms with E-state index in [9.17, 15) is 4.39 Å². The Morgan fingerprint density at radius 2 is 1.48 bits per heavy atom. The molecule has 152 valence electrons.